The molecule has 2 aromatic heterocycles. The summed E-state index contributed by atoms with van der Waals surface area (Å²) >= 11 is 0. The number of likely N-dealkylation sites (tertiary alicyclic amines) is 1. The Balaban J connectivity index is 1.40. The van der Waals surface area contributed by atoms with Crippen molar-refractivity contribution in [3.8, 4) is 0 Å². The molecule has 1 aliphatic carbocycles. The Morgan fingerprint density at radius 1 is 1.21 bits per heavy atom. The van der Waals surface area contributed by atoms with Gasteiger partial charge < -0.3 is 9.80 Å². The zero-order valence-electron chi connectivity index (χ0n) is 18.0. The molecule has 4 rings (SSSR count). The molecular weight excluding hydrogens is 362 g/mol. The normalized spacial score (nSPS) is 20.8. The summed E-state index contributed by atoms with van der Waals surface area (Å²) in [5, 5.41) is 6.09. The monoisotopic (exact) mass is 397 g/mol. The van der Waals surface area contributed by atoms with E-state index in [1.165, 1.54) is 32.1 Å². The highest BCUT2D eigenvalue weighted by molar-refractivity contribution is 5.80. The van der Waals surface area contributed by atoms with Crippen LogP contribution in [0, 0.1) is 5.92 Å². The van der Waals surface area contributed by atoms with E-state index < -0.39 is 0 Å². The molecule has 29 heavy (non-hydrogen) atoms. The van der Waals surface area contributed by atoms with E-state index in [0.717, 1.165) is 68.1 Å². The van der Waals surface area contributed by atoms with E-state index in [1.54, 1.807) is 0 Å². The lowest BCUT2D eigenvalue weighted by molar-refractivity contribution is -0.130. The lowest BCUT2D eigenvalue weighted by Crippen LogP contribution is -2.29. The number of likely N-dealkylation sites (N-methyl/N-ethyl adjacent to an activating group) is 1. The van der Waals surface area contributed by atoms with Gasteiger partial charge in [0.1, 0.15) is 0 Å². The van der Waals surface area contributed by atoms with Crippen molar-refractivity contribution < 1.29 is 4.79 Å². The molecule has 0 N–H and O–H groups in total. The highest BCUT2D eigenvalue weighted by Crippen LogP contribution is 2.32. The van der Waals surface area contributed by atoms with Gasteiger partial charge in [-0.15, -0.1) is 0 Å². The van der Waals surface area contributed by atoms with Crippen molar-refractivity contribution in [1.82, 2.24) is 24.6 Å². The lowest BCUT2D eigenvalue weighted by atomic mass is 9.86. The summed E-state index contributed by atoms with van der Waals surface area (Å²) in [4.78, 5) is 21.6. The van der Waals surface area contributed by atoms with Gasteiger partial charge in [-0.05, 0) is 45.0 Å². The van der Waals surface area contributed by atoms with Gasteiger partial charge in [0, 0.05) is 43.6 Å². The molecule has 1 aliphatic heterocycles. The Bertz CT molecular complexity index is 824. The first-order valence-corrected chi connectivity index (χ1v) is 11.4. The van der Waals surface area contributed by atoms with Crippen LogP contribution in [-0.2, 0) is 11.3 Å². The molecule has 158 valence electrons. The fourth-order valence-corrected chi connectivity index (χ4v) is 4.96. The first-order chi connectivity index (χ1) is 14.1. The quantitative estimate of drug-likeness (QED) is 0.715. The van der Waals surface area contributed by atoms with Crippen LogP contribution in [0.4, 0.5) is 0 Å². The number of hydrogen-bond donors (Lipinski definition) is 0. The molecule has 2 aromatic rings. The van der Waals surface area contributed by atoms with Crippen molar-refractivity contribution in [2.45, 2.75) is 63.8 Å². The van der Waals surface area contributed by atoms with Crippen LogP contribution >= 0.6 is 0 Å². The number of fused-ring (bicyclic) bond motifs is 1. The Morgan fingerprint density at radius 2 is 2.03 bits per heavy atom. The van der Waals surface area contributed by atoms with E-state index in [1.807, 2.05) is 16.9 Å². The van der Waals surface area contributed by atoms with Gasteiger partial charge >= 0.3 is 0 Å². The maximum absolute atomic E-state index is 12.8. The lowest BCUT2D eigenvalue weighted by Gasteiger charge is -2.22. The number of carbonyl (C=O) groups excluding carboxylic acids is 1. The fourth-order valence-electron chi connectivity index (χ4n) is 4.96. The van der Waals surface area contributed by atoms with Crippen LogP contribution in [0.25, 0.3) is 11.0 Å². The number of aromatic nitrogens is 3. The Morgan fingerprint density at radius 3 is 2.83 bits per heavy atom. The van der Waals surface area contributed by atoms with Crippen molar-refractivity contribution in [3.05, 3.63) is 24.0 Å². The van der Waals surface area contributed by atoms with Crippen LogP contribution in [0.2, 0.25) is 0 Å². The maximum atomic E-state index is 12.8. The van der Waals surface area contributed by atoms with Crippen LogP contribution in [0.3, 0.4) is 0 Å². The highest BCUT2D eigenvalue weighted by Gasteiger charge is 2.31. The van der Waals surface area contributed by atoms with Gasteiger partial charge in [0.2, 0.25) is 5.91 Å². The standard InChI is InChI=1S/C23H35N5O/c1-26(2)15-16-28-23-20(9-6-13-24-23)22(25-28)19-12-14-27(17-19)21(29)11-10-18-7-4-3-5-8-18/h6,9,13,18-19H,3-5,7-8,10-12,14-17H2,1-2H3/t19-/m1/s1. The van der Waals surface area contributed by atoms with Crippen molar-refractivity contribution >= 4 is 16.9 Å². The molecule has 1 atom stereocenters. The van der Waals surface area contributed by atoms with Gasteiger partial charge in [0.25, 0.3) is 0 Å². The molecule has 6 nitrogen and oxygen atoms in total. The minimum atomic E-state index is 0.320. The molecule has 0 bridgehead atoms. The third-order valence-electron chi connectivity index (χ3n) is 6.71. The van der Waals surface area contributed by atoms with E-state index in [-0.39, 0.29) is 0 Å². The van der Waals surface area contributed by atoms with E-state index in [9.17, 15) is 4.79 Å². The number of nitrogens with zero attached hydrogens (tertiary/aromatic N) is 5. The molecule has 6 heteroatoms. The summed E-state index contributed by atoms with van der Waals surface area (Å²) in [5.74, 6) is 1.43. The first kappa shape index (κ1) is 20.3. The van der Waals surface area contributed by atoms with E-state index >= 15 is 0 Å². The third kappa shape index (κ3) is 4.80. The smallest absolute Gasteiger partial charge is 0.222 e. The second-order valence-corrected chi connectivity index (χ2v) is 9.15. The van der Waals surface area contributed by atoms with Crippen molar-refractivity contribution in [3.63, 3.8) is 0 Å². The van der Waals surface area contributed by atoms with Crippen LogP contribution in [-0.4, -0.2) is 64.2 Å². The summed E-state index contributed by atoms with van der Waals surface area (Å²) in [5.41, 5.74) is 2.08. The molecule has 1 saturated heterocycles. The van der Waals surface area contributed by atoms with Crippen LogP contribution in [0.15, 0.2) is 18.3 Å². The zero-order valence-corrected chi connectivity index (χ0v) is 18.0. The summed E-state index contributed by atoms with van der Waals surface area (Å²) in [6.07, 6.45) is 11.4. The summed E-state index contributed by atoms with van der Waals surface area (Å²) < 4.78 is 2.04. The molecule has 0 radical (unpaired) electrons. The summed E-state index contributed by atoms with van der Waals surface area (Å²) in [7, 11) is 4.15. The minimum Gasteiger partial charge on any atom is -0.342 e. The third-order valence-corrected chi connectivity index (χ3v) is 6.71. The molecule has 0 aromatic carbocycles. The Hall–Kier alpha value is -1.95. The number of pyridine rings is 1. The van der Waals surface area contributed by atoms with Gasteiger partial charge in [-0.25, -0.2) is 9.67 Å². The molecular formula is C23H35N5O. The minimum absolute atomic E-state index is 0.320. The Kier molecular flexibility index (Phi) is 6.48. The predicted octanol–water partition coefficient (Wildman–Crippen LogP) is 3.67. The second-order valence-electron chi connectivity index (χ2n) is 9.15. The molecule has 1 saturated carbocycles. The molecule has 2 aliphatic rings. The van der Waals surface area contributed by atoms with Gasteiger partial charge in [0.15, 0.2) is 5.65 Å². The topological polar surface area (TPSA) is 54.3 Å². The molecule has 1 amide bonds. The molecule has 0 spiro atoms. The molecule has 0 unspecified atom stereocenters. The maximum Gasteiger partial charge on any atom is 0.222 e. The number of amides is 1. The van der Waals surface area contributed by atoms with E-state index in [0.29, 0.717) is 11.8 Å². The van der Waals surface area contributed by atoms with E-state index in [2.05, 4.69) is 34.9 Å². The molecule has 2 fully saturated rings. The predicted molar refractivity (Wildman–Crippen MR) is 116 cm³/mol. The van der Waals surface area contributed by atoms with Crippen LogP contribution < -0.4 is 0 Å². The van der Waals surface area contributed by atoms with Crippen LogP contribution in [0.1, 0.15) is 63.0 Å². The number of carbonyl (C=O) groups is 1. The van der Waals surface area contributed by atoms with Gasteiger partial charge in [0.05, 0.1) is 12.2 Å². The average molecular weight is 398 g/mol. The summed E-state index contributed by atoms with van der Waals surface area (Å²) in [6.45, 7) is 3.43. The number of rotatable bonds is 7. The van der Waals surface area contributed by atoms with Gasteiger partial charge in [-0.2, -0.15) is 5.10 Å². The largest absolute Gasteiger partial charge is 0.342 e. The number of hydrogen-bond acceptors (Lipinski definition) is 4. The Labute approximate surface area is 174 Å². The van der Waals surface area contributed by atoms with E-state index in [4.69, 9.17) is 5.10 Å². The van der Waals surface area contributed by atoms with Gasteiger partial charge in [-0.3, -0.25) is 4.79 Å². The fraction of sp³-hybridized carbons (Fsp3) is 0.696. The second kappa shape index (κ2) is 9.24. The zero-order chi connectivity index (χ0) is 20.2. The SMILES string of the molecule is CN(C)CCn1nc([C@@H]2CCN(C(=O)CCC3CCCCC3)C2)c2cccnc21. The highest BCUT2D eigenvalue weighted by atomic mass is 16.2. The van der Waals surface area contributed by atoms with Crippen molar-refractivity contribution in [2.75, 3.05) is 33.7 Å². The average Bonchev–Trinajstić information content (AvgIpc) is 3.36. The first-order valence-electron chi connectivity index (χ1n) is 11.4. The van der Waals surface area contributed by atoms with Crippen LogP contribution in [0.5, 0.6) is 0 Å². The van der Waals surface area contributed by atoms with Crippen molar-refractivity contribution in [1.29, 1.82) is 0 Å². The summed E-state index contributed by atoms with van der Waals surface area (Å²) in [6, 6.07) is 4.12. The van der Waals surface area contributed by atoms with Crippen molar-refractivity contribution in [2.24, 2.45) is 5.92 Å². The van der Waals surface area contributed by atoms with Gasteiger partial charge in [-0.1, -0.05) is 32.1 Å². The molecule has 3 heterocycles.